The summed E-state index contributed by atoms with van der Waals surface area (Å²) in [4.78, 5) is 11.6. The van der Waals surface area contributed by atoms with Crippen LogP contribution in [-0.2, 0) is 10.3 Å². The lowest BCUT2D eigenvalue weighted by atomic mass is 9.96. The fourth-order valence-electron chi connectivity index (χ4n) is 1.79. The highest BCUT2D eigenvalue weighted by atomic mass is 32.1. The van der Waals surface area contributed by atoms with Crippen LogP contribution < -0.4 is 0 Å². The van der Waals surface area contributed by atoms with Crippen molar-refractivity contribution in [2.24, 2.45) is 0 Å². The Morgan fingerprint density at radius 1 is 1.67 bits per heavy atom. The van der Waals surface area contributed by atoms with Crippen LogP contribution in [0.25, 0.3) is 0 Å². The Morgan fingerprint density at radius 2 is 2.40 bits per heavy atom. The summed E-state index contributed by atoms with van der Waals surface area (Å²) in [6.07, 6.45) is 0.466. The number of carboxylic acids is 1. The van der Waals surface area contributed by atoms with Gasteiger partial charge in [-0.15, -0.1) is 11.3 Å². The number of aryl methyl sites for hydroxylation is 1. The van der Waals surface area contributed by atoms with Gasteiger partial charge >= 0.3 is 5.97 Å². The molecule has 5 heteroatoms. The fraction of sp³-hybridized carbons (Fsp3) is 0.500. The van der Waals surface area contributed by atoms with E-state index in [1.54, 1.807) is 12.3 Å². The first kappa shape index (κ1) is 10.6. The number of aromatic carboxylic acids is 1. The Balaban J connectivity index is 2.48. The molecule has 2 N–H and O–H groups in total. The first-order chi connectivity index (χ1) is 7.04. The molecule has 2 rings (SSSR count). The molecule has 0 radical (unpaired) electrons. The minimum Gasteiger partial charge on any atom is -0.478 e. The Labute approximate surface area is 91.1 Å². The summed E-state index contributed by atoms with van der Waals surface area (Å²) < 4.78 is 5.12. The molecule has 0 spiro atoms. The molecule has 1 aromatic heterocycles. The first-order valence-electron chi connectivity index (χ1n) is 4.66. The number of carbonyl (C=O) groups is 1. The largest absolute Gasteiger partial charge is 0.478 e. The maximum absolute atomic E-state index is 11.1. The quantitative estimate of drug-likeness (QED) is 0.802. The third-order valence-corrected chi connectivity index (χ3v) is 3.90. The average Bonchev–Trinajstić information content (AvgIpc) is 2.72. The van der Waals surface area contributed by atoms with Crippen molar-refractivity contribution in [2.75, 3.05) is 13.2 Å². The van der Waals surface area contributed by atoms with E-state index in [2.05, 4.69) is 0 Å². The van der Waals surface area contributed by atoms with Gasteiger partial charge in [-0.2, -0.15) is 0 Å². The molecule has 1 saturated heterocycles. The Morgan fingerprint density at radius 3 is 2.93 bits per heavy atom. The number of hydrogen-bond acceptors (Lipinski definition) is 4. The van der Waals surface area contributed by atoms with Crippen molar-refractivity contribution in [3.8, 4) is 0 Å². The topological polar surface area (TPSA) is 66.8 Å². The molecule has 82 valence electrons. The normalized spacial score (nSPS) is 25.7. The second-order valence-corrected chi connectivity index (χ2v) is 4.64. The van der Waals surface area contributed by atoms with Gasteiger partial charge in [-0.05, 0) is 17.9 Å². The molecule has 1 aliphatic heterocycles. The molecule has 1 unspecified atom stereocenters. The highest BCUT2D eigenvalue weighted by Gasteiger charge is 2.39. The number of rotatable bonds is 2. The smallest absolute Gasteiger partial charge is 0.337 e. The van der Waals surface area contributed by atoms with Crippen LogP contribution in [0.15, 0.2) is 5.38 Å². The zero-order valence-electron chi connectivity index (χ0n) is 8.32. The Kier molecular flexibility index (Phi) is 2.54. The van der Waals surface area contributed by atoms with Crippen molar-refractivity contribution >= 4 is 17.3 Å². The molecule has 0 amide bonds. The summed E-state index contributed by atoms with van der Waals surface area (Å²) in [5.41, 5.74) is -0.178. The van der Waals surface area contributed by atoms with E-state index in [0.29, 0.717) is 23.5 Å². The van der Waals surface area contributed by atoms with E-state index in [9.17, 15) is 9.90 Å². The van der Waals surface area contributed by atoms with Gasteiger partial charge in [0.2, 0.25) is 0 Å². The number of thiophene rings is 1. The lowest BCUT2D eigenvalue weighted by molar-refractivity contribution is 0.0246. The molecule has 0 aromatic carbocycles. The third kappa shape index (κ3) is 1.67. The van der Waals surface area contributed by atoms with Gasteiger partial charge in [0, 0.05) is 13.0 Å². The monoisotopic (exact) mass is 228 g/mol. The maximum Gasteiger partial charge on any atom is 0.337 e. The van der Waals surface area contributed by atoms with E-state index < -0.39 is 11.6 Å². The van der Waals surface area contributed by atoms with E-state index in [-0.39, 0.29) is 12.2 Å². The molecule has 0 saturated carbocycles. The van der Waals surface area contributed by atoms with E-state index >= 15 is 0 Å². The second kappa shape index (κ2) is 3.59. The molecule has 15 heavy (non-hydrogen) atoms. The average molecular weight is 228 g/mol. The first-order valence-corrected chi connectivity index (χ1v) is 5.54. The van der Waals surface area contributed by atoms with Crippen LogP contribution in [-0.4, -0.2) is 29.4 Å². The van der Waals surface area contributed by atoms with E-state index in [0.717, 1.165) is 0 Å². The molecule has 1 fully saturated rings. The summed E-state index contributed by atoms with van der Waals surface area (Å²) in [6.45, 7) is 2.41. The lowest BCUT2D eigenvalue weighted by Gasteiger charge is -2.19. The summed E-state index contributed by atoms with van der Waals surface area (Å²) >= 11 is 1.29. The zero-order chi connectivity index (χ0) is 11.1. The van der Waals surface area contributed by atoms with Gasteiger partial charge in [0.25, 0.3) is 0 Å². The van der Waals surface area contributed by atoms with Gasteiger partial charge in [-0.1, -0.05) is 0 Å². The Bertz CT molecular complexity index is 390. The van der Waals surface area contributed by atoms with Crippen LogP contribution in [0, 0.1) is 6.92 Å². The minimum absolute atomic E-state index is 0.188. The minimum atomic E-state index is -1.10. The Hall–Kier alpha value is -0.910. The predicted octanol–water partition coefficient (Wildman–Crippen LogP) is 1.36. The van der Waals surface area contributed by atoms with Gasteiger partial charge in [-0.3, -0.25) is 0 Å². The van der Waals surface area contributed by atoms with Crippen LogP contribution >= 0.6 is 11.3 Å². The molecule has 0 aliphatic carbocycles. The molecule has 0 bridgehead atoms. The number of ether oxygens (including phenoxy) is 1. The van der Waals surface area contributed by atoms with E-state index in [1.807, 2.05) is 0 Å². The van der Waals surface area contributed by atoms with Crippen LogP contribution in [0.3, 0.4) is 0 Å². The van der Waals surface area contributed by atoms with Crippen molar-refractivity contribution < 1.29 is 19.7 Å². The number of aliphatic hydroxyl groups is 1. The highest BCUT2D eigenvalue weighted by molar-refractivity contribution is 7.10. The third-order valence-electron chi connectivity index (χ3n) is 2.61. The zero-order valence-corrected chi connectivity index (χ0v) is 9.13. The van der Waals surface area contributed by atoms with E-state index in [4.69, 9.17) is 9.84 Å². The van der Waals surface area contributed by atoms with Crippen molar-refractivity contribution in [3.63, 3.8) is 0 Å². The summed E-state index contributed by atoms with van der Waals surface area (Å²) in [5.74, 6) is -0.982. The SMILES string of the molecule is Cc1csc(C2(O)CCOC2)c1C(=O)O. The molecule has 2 heterocycles. The van der Waals surface area contributed by atoms with Gasteiger partial charge in [0.1, 0.15) is 5.60 Å². The summed E-state index contributed by atoms with van der Waals surface area (Å²) in [6, 6.07) is 0. The second-order valence-electron chi connectivity index (χ2n) is 3.76. The standard InChI is InChI=1S/C10H12O4S/c1-6-4-15-8(7(6)9(11)12)10(13)2-3-14-5-10/h4,13H,2-3,5H2,1H3,(H,11,12). The number of carboxylic acid groups (broad SMARTS) is 1. The van der Waals surface area contributed by atoms with Crippen molar-refractivity contribution in [1.82, 2.24) is 0 Å². The van der Waals surface area contributed by atoms with Crippen LogP contribution in [0.2, 0.25) is 0 Å². The highest BCUT2D eigenvalue weighted by Crippen LogP contribution is 2.37. The van der Waals surface area contributed by atoms with Crippen LogP contribution in [0.4, 0.5) is 0 Å². The summed E-state index contributed by atoms with van der Waals surface area (Å²) in [5, 5.41) is 21.1. The molecule has 4 nitrogen and oxygen atoms in total. The maximum atomic E-state index is 11.1. The molecular weight excluding hydrogens is 216 g/mol. The van der Waals surface area contributed by atoms with Gasteiger partial charge in [-0.25, -0.2) is 4.79 Å². The van der Waals surface area contributed by atoms with Crippen molar-refractivity contribution in [1.29, 1.82) is 0 Å². The van der Waals surface area contributed by atoms with Crippen molar-refractivity contribution in [3.05, 3.63) is 21.4 Å². The van der Waals surface area contributed by atoms with Crippen LogP contribution in [0.1, 0.15) is 27.2 Å². The molecule has 1 aromatic rings. The van der Waals surface area contributed by atoms with Crippen molar-refractivity contribution in [2.45, 2.75) is 18.9 Å². The van der Waals surface area contributed by atoms with Gasteiger partial charge in [0.15, 0.2) is 0 Å². The summed E-state index contributed by atoms with van der Waals surface area (Å²) in [7, 11) is 0. The van der Waals surface area contributed by atoms with Crippen LogP contribution in [0.5, 0.6) is 0 Å². The molecule has 1 atom stereocenters. The number of hydrogen-bond donors (Lipinski definition) is 2. The predicted molar refractivity (Wildman–Crippen MR) is 55.3 cm³/mol. The fourth-order valence-corrected chi connectivity index (χ4v) is 2.94. The molecule has 1 aliphatic rings. The van der Waals surface area contributed by atoms with E-state index in [1.165, 1.54) is 11.3 Å². The molecular formula is C10H12O4S. The lowest BCUT2D eigenvalue weighted by Crippen LogP contribution is -2.26. The van der Waals surface area contributed by atoms with Gasteiger partial charge < -0.3 is 14.9 Å². The van der Waals surface area contributed by atoms with Gasteiger partial charge in [0.05, 0.1) is 17.0 Å².